The van der Waals surface area contributed by atoms with Gasteiger partial charge in [0.1, 0.15) is 29.6 Å². The van der Waals surface area contributed by atoms with Crippen molar-refractivity contribution in [3.05, 3.63) is 101 Å². The minimum Gasteiger partial charge on any atom is -0.489 e. The molecule has 0 bridgehead atoms. The standard InChI is InChI=1S/C24H16F2N2O3S/c25-17-5-3-4-16(12-17)14-31-18-10-8-15(9-11-18)13-19-22(29)27-24(32)28(23(19)30)21-7-2-1-6-20(21)26/h1-13H,14H2,(H,27,29,32)/b19-13+. The lowest BCUT2D eigenvalue weighted by Crippen LogP contribution is -2.54. The molecule has 4 rings (SSSR count). The second kappa shape index (κ2) is 9.07. The van der Waals surface area contributed by atoms with Crippen molar-refractivity contribution in [1.82, 2.24) is 5.32 Å². The highest BCUT2D eigenvalue weighted by molar-refractivity contribution is 7.80. The quantitative estimate of drug-likeness (QED) is 0.356. The van der Waals surface area contributed by atoms with E-state index >= 15 is 0 Å². The summed E-state index contributed by atoms with van der Waals surface area (Å²) >= 11 is 5.07. The summed E-state index contributed by atoms with van der Waals surface area (Å²) in [5.41, 5.74) is 1.01. The number of rotatable bonds is 5. The maximum absolute atomic E-state index is 14.2. The number of carbonyl (C=O) groups is 2. The van der Waals surface area contributed by atoms with E-state index in [1.807, 2.05) is 0 Å². The summed E-state index contributed by atoms with van der Waals surface area (Å²) in [7, 11) is 0. The van der Waals surface area contributed by atoms with Gasteiger partial charge in [0.25, 0.3) is 11.8 Å². The van der Waals surface area contributed by atoms with Gasteiger partial charge in [0.2, 0.25) is 0 Å². The van der Waals surface area contributed by atoms with Crippen molar-refractivity contribution < 1.29 is 23.1 Å². The van der Waals surface area contributed by atoms with Gasteiger partial charge in [0.15, 0.2) is 5.11 Å². The average molecular weight is 450 g/mol. The van der Waals surface area contributed by atoms with Crippen LogP contribution in [-0.4, -0.2) is 16.9 Å². The van der Waals surface area contributed by atoms with Gasteiger partial charge in [-0.2, -0.15) is 0 Å². The van der Waals surface area contributed by atoms with Gasteiger partial charge in [0, 0.05) is 0 Å². The normalized spacial score (nSPS) is 15.1. The molecule has 32 heavy (non-hydrogen) atoms. The summed E-state index contributed by atoms with van der Waals surface area (Å²) in [5, 5.41) is 2.23. The van der Waals surface area contributed by atoms with Crippen molar-refractivity contribution in [3.63, 3.8) is 0 Å². The molecule has 1 aliphatic heterocycles. The number of amides is 2. The number of hydrogen-bond acceptors (Lipinski definition) is 4. The molecule has 3 aromatic carbocycles. The highest BCUT2D eigenvalue weighted by Crippen LogP contribution is 2.25. The molecular formula is C24H16F2N2O3S. The van der Waals surface area contributed by atoms with Crippen LogP contribution in [-0.2, 0) is 16.2 Å². The van der Waals surface area contributed by atoms with Crippen LogP contribution in [0.25, 0.3) is 6.08 Å². The molecule has 5 nitrogen and oxygen atoms in total. The Labute approximate surface area is 187 Å². The lowest BCUT2D eigenvalue weighted by Gasteiger charge is -2.29. The van der Waals surface area contributed by atoms with Crippen molar-refractivity contribution in [2.45, 2.75) is 6.61 Å². The SMILES string of the molecule is O=C1NC(=S)N(c2ccccc2F)C(=O)/C1=C/c1ccc(OCc2cccc(F)c2)cc1. The van der Waals surface area contributed by atoms with Gasteiger partial charge in [-0.05, 0) is 65.8 Å². The van der Waals surface area contributed by atoms with Gasteiger partial charge < -0.3 is 4.74 Å². The molecule has 0 radical (unpaired) electrons. The maximum Gasteiger partial charge on any atom is 0.270 e. The summed E-state index contributed by atoms with van der Waals surface area (Å²) in [4.78, 5) is 26.3. The first kappa shape index (κ1) is 21.3. The minimum atomic E-state index is -0.727. The van der Waals surface area contributed by atoms with E-state index < -0.39 is 17.6 Å². The summed E-state index contributed by atoms with van der Waals surface area (Å²) in [5.74, 6) is -1.84. The number of benzene rings is 3. The summed E-state index contributed by atoms with van der Waals surface area (Å²) < 4.78 is 33.1. The molecule has 0 atom stereocenters. The second-order valence-electron chi connectivity index (χ2n) is 6.90. The Morgan fingerprint density at radius 1 is 0.969 bits per heavy atom. The van der Waals surface area contributed by atoms with E-state index in [-0.39, 0.29) is 28.8 Å². The molecule has 160 valence electrons. The van der Waals surface area contributed by atoms with Crippen molar-refractivity contribution in [3.8, 4) is 5.75 Å². The van der Waals surface area contributed by atoms with Crippen LogP contribution < -0.4 is 15.0 Å². The van der Waals surface area contributed by atoms with Gasteiger partial charge in [-0.25, -0.2) is 13.7 Å². The van der Waals surface area contributed by atoms with E-state index in [9.17, 15) is 18.4 Å². The fourth-order valence-corrected chi connectivity index (χ4v) is 3.40. The Bertz CT molecular complexity index is 1240. The smallest absolute Gasteiger partial charge is 0.270 e. The van der Waals surface area contributed by atoms with Crippen LogP contribution >= 0.6 is 12.2 Å². The van der Waals surface area contributed by atoms with Crippen LogP contribution in [0.2, 0.25) is 0 Å². The third kappa shape index (κ3) is 4.55. The van der Waals surface area contributed by atoms with Gasteiger partial charge in [-0.15, -0.1) is 0 Å². The third-order valence-electron chi connectivity index (χ3n) is 4.68. The van der Waals surface area contributed by atoms with Crippen LogP contribution in [0.5, 0.6) is 5.75 Å². The summed E-state index contributed by atoms with van der Waals surface area (Å²) in [6, 6.07) is 18.4. The zero-order chi connectivity index (χ0) is 22.7. The topological polar surface area (TPSA) is 58.6 Å². The molecule has 1 aliphatic rings. The fraction of sp³-hybridized carbons (Fsp3) is 0.0417. The molecule has 1 heterocycles. The average Bonchev–Trinajstić information content (AvgIpc) is 2.77. The molecule has 1 saturated heterocycles. The first-order valence-electron chi connectivity index (χ1n) is 9.55. The number of anilines is 1. The molecule has 1 N–H and O–H groups in total. The number of halogens is 2. The monoisotopic (exact) mass is 450 g/mol. The number of para-hydroxylation sites is 1. The van der Waals surface area contributed by atoms with Crippen LogP contribution in [0.4, 0.5) is 14.5 Å². The van der Waals surface area contributed by atoms with Gasteiger partial charge in [-0.1, -0.05) is 36.4 Å². The van der Waals surface area contributed by atoms with E-state index in [2.05, 4.69) is 5.32 Å². The van der Waals surface area contributed by atoms with Crippen LogP contribution in [0.1, 0.15) is 11.1 Å². The van der Waals surface area contributed by atoms with Crippen molar-refractivity contribution in [2.75, 3.05) is 4.90 Å². The van der Waals surface area contributed by atoms with Crippen LogP contribution in [0, 0.1) is 11.6 Å². The lowest BCUT2D eigenvalue weighted by molar-refractivity contribution is -0.122. The molecule has 2 amide bonds. The number of carbonyl (C=O) groups excluding carboxylic acids is 2. The number of nitrogens with one attached hydrogen (secondary N) is 1. The first-order chi connectivity index (χ1) is 15.4. The van der Waals surface area contributed by atoms with Crippen molar-refractivity contribution in [2.24, 2.45) is 0 Å². The zero-order valence-electron chi connectivity index (χ0n) is 16.5. The summed E-state index contributed by atoms with van der Waals surface area (Å²) in [6.45, 7) is 0.189. The molecule has 0 unspecified atom stereocenters. The summed E-state index contributed by atoms with van der Waals surface area (Å²) in [6.07, 6.45) is 1.39. The molecular weight excluding hydrogens is 434 g/mol. The fourth-order valence-electron chi connectivity index (χ4n) is 3.13. The largest absolute Gasteiger partial charge is 0.489 e. The zero-order valence-corrected chi connectivity index (χ0v) is 17.4. The predicted octanol–water partition coefficient (Wildman–Crippen LogP) is 4.38. The van der Waals surface area contributed by atoms with E-state index in [1.54, 1.807) is 42.5 Å². The highest BCUT2D eigenvalue weighted by Gasteiger charge is 2.35. The van der Waals surface area contributed by atoms with Crippen molar-refractivity contribution in [1.29, 1.82) is 0 Å². The highest BCUT2D eigenvalue weighted by atomic mass is 32.1. The molecule has 1 fully saturated rings. The number of hydrogen-bond donors (Lipinski definition) is 1. The van der Waals surface area contributed by atoms with Crippen LogP contribution in [0.15, 0.2) is 78.4 Å². The Balaban J connectivity index is 1.53. The molecule has 3 aromatic rings. The Morgan fingerprint density at radius 3 is 2.44 bits per heavy atom. The minimum absolute atomic E-state index is 0.0468. The molecule has 0 aromatic heterocycles. The van der Waals surface area contributed by atoms with E-state index in [0.717, 1.165) is 4.90 Å². The van der Waals surface area contributed by atoms with Crippen molar-refractivity contribution >= 4 is 40.9 Å². The lowest BCUT2D eigenvalue weighted by atomic mass is 10.1. The van der Waals surface area contributed by atoms with E-state index in [0.29, 0.717) is 16.9 Å². The van der Waals surface area contributed by atoms with Crippen LogP contribution in [0.3, 0.4) is 0 Å². The molecule has 0 aliphatic carbocycles. The third-order valence-corrected chi connectivity index (χ3v) is 4.97. The number of thiocarbonyl (C=S) groups is 1. The Kier molecular flexibility index (Phi) is 6.04. The number of ether oxygens (including phenoxy) is 1. The Hall–Kier alpha value is -3.91. The van der Waals surface area contributed by atoms with E-state index in [4.69, 9.17) is 17.0 Å². The van der Waals surface area contributed by atoms with E-state index in [1.165, 1.54) is 36.4 Å². The number of nitrogens with zero attached hydrogens (tertiary/aromatic N) is 1. The first-order valence-corrected chi connectivity index (χ1v) is 9.96. The molecule has 0 saturated carbocycles. The predicted molar refractivity (Wildman–Crippen MR) is 120 cm³/mol. The second-order valence-corrected chi connectivity index (χ2v) is 7.28. The maximum atomic E-state index is 14.2. The van der Waals surface area contributed by atoms with Gasteiger partial charge in [-0.3, -0.25) is 14.9 Å². The van der Waals surface area contributed by atoms with Gasteiger partial charge >= 0.3 is 0 Å². The Morgan fingerprint density at radius 2 is 1.72 bits per heavy atom. The van der Waals surface area contributed by atoms with Gasteiger partial charge in [0.05, 0.1) is 5.69 Å². The molecule has 8 heteroatoms. The molecule has 0 spiro atoms.